The molecule has 8 nitrogen and oxygen atoms in total. The molecule has 1 unspecified atom stereocenters. The van der Waals surface area contributed by atoms with Gasteiger partial charge in [0, 0.05) is 12.6 Å². The van der Waals surface area contributed by atoms with Gasteiger partial charge in [0.25, 0.3) is 0 Å². The van der Waals surface area contributed by atoms with Gasteiger partial charge in [0.05, 0.1) is 10.5 Å². The summed E-state index contributed by atoms with van der Waals surface area (Å²) in [7, 11) is -3.79. The Morgan fingerprint density at radius 2 is 1.68 bits per heavy atom. The summed E-state index contributed by atoms with van der Waals surface area (Å²) in [6, 6.07) is 10.8. The first-order valence-electron chi connectivity index (χ1n) is 10.4. The number of fused-ring (bicyclic) bond motifs is 1. The van der Waals surface area contributed by atoms with Crippen molar-refractivity contribution in [3.8, 4) is 11.5 Å². The Morgan fingerprint density at radius 1 is 1.00 bits per heavy atom. The molecule has 0 spiro atoms. The van der Waals surface area contributed by atoms with Crippen LogP contribution in [0.5, 0.6) is 11.5 Å². The van der Waals surface area contributed by atoms with E-state index in [-0.39, 0.29) is 29.8 Å². The summed E-state index contributed by atoms with van der Waals surface area (Å²) < 4.78 is 39.4. The van der Waals surface area contributed by atoms with Gasteiger partial charge in [-0.15, -0.1) is 0 Å². The molecular formula is C22H26N2O6S. The number of nitrogens with one attached hydrogen (secondary N) is 1. The number of likely N-dealkylation sites (tertiary alicyclic amines) is 1. The van der Waals surface area contributed by atoms with Crippen molar-refractivity contribution < 1.29 is 27.8 Å². The first-order valence-corrected chi connectivity index (χ1v) is 11.9. The Hall–Kier alpha value is -2.62. The standard InChI is InChI=1S/C22H26N2O6S/c25-22(26)16-5-8-18(9-6-16)31(27,28)23-14-19(24-11-3-1-2-4-12-24)17-7-10-20-21(13-17)30-15-29-20/h5-10,13,19,23H,1-4,11-12,14-15H2,(H,25,26). The van der Waals surface area contributed by atoms with Crippen LogP contribution < -0.4 is 14.2 Å². The maximum Gasteiger partial charge on any atom is 0.335 e. The van der Waals surface area contributed by atoms with Gasteiger partial charge in [0.15, 0.2) is 11.5 Å². The number of sulfonamides is 1. The normalized spacial score (nSPS) is 17.8. The van der Waals surface area contributed by atoms with Crippen LogP contribution in [0.3, 0.4) is 0 Å². The number of rotatable bonds is 7. The van der Waals surface area contributed by atoms with Crippen molar-refractivity contribution in [2.45, 2.75) is 36.6 Å². The van der Waals surface area contributed by atoms with Crippen LogP contribution >= 0.6 is 0 Å². The number of nitrogens with zero attached hydrogens (tertiary/aromatic N) is 1. The third-order valence-electron chi connectivity index (χ3n) is 5.74. The first kappa shape index (κ1) is 21.6. The van der Waals surface area contributed by atoms with Crippen LogP contribution in [0.2, 0.25) is 0 Å². The van der Waals surface area contributed by atoms with Crippen LogP contribution in [0.15, 0.2) is 47.4 Å². The molecule has 1 saturated heterocycles. The lowest BCUT2D eigenvalue weighted by Crippen LogP contribution is -2.38. The fourth-order valence-corrected chi connectivity index (χ4v) is 5.07. The zero-order valence-corrected chi connectivity index (χ0v) is 17.9. The molecule has 0 aromatic heterocycles. The Kier molecular flexibility index (Phi) is 6.45. The minimum atomic E-state index is -3.79. The zero-order valence-electron chi connectivity index (χ0n) is 17.1. The fourth-order valence-electron chi connectivity index (χ4n) is 4.03. The van der Waals surface area contributed by atoms with Crippen LogP contribution in [-0.2, 0) is 10.0 Å². The van der Waals surface area contributed by atoms with Gasteiger partial charge in [0.1, 0.15) is 0 Å². The average Bonchev–Trinajstić information content (AvgIpc) is 3.07. The Bertz CT molecular complexity index is 1030. The molecule has 0 bridgehead atoms. The quantitative estimate of drug-likeness (QED) is 0.674. The topological polar surface area (TPSA) is 105 Å². The predicted molar refractivity (Wildman–Crippen MR) is 114 cm³/mol. The van der Waals surface area contributed by atoms with Crippen molar-refractivity contribution in [3.05, 3.63) is 53.6 Å². The van der Waals surface area contributed by atoms with Crippen LogP contribution in [-0.4, -0.2) is 50.8 Å². The van der Waals surface area contributed by atoms with E-state index in [1.165, 1.54) is 37.1 Å². The summed E-state index contributed by atoms with van der Waals surface area (Å²) in [4.78, 5) is 13.4. The van der Waals surface area contributed by atoms with Gasteiger partial charge in [0.2, 0.25) is 16.8 Å². The molecule has 0 saturated carbocycles. The number of hydrogen-bond donors (Lipinski definition) is 2. The van der Waals surface area contributed by atoms with Gasteiger partial charge >= 0.3 is 5.97 Å². The summed E-state index contributed by atoms with van der Waals surface area (Å²) in [6.45, 7) is 2.18. The first-order chi connectivity index (χ1) is 14.9. The maximum absolute atomic E-state index is 12.9. The molecule has 166 valence electrons. The Labute approximate surface area is 181 Å². The van der Waals surface area contributed by atoms with Crippen LogP contribution in [0.1, 0.15) is 47.6 Å². The van der Waals surface area contributed by atoms with E-state index in [1.54, 1.807) is 0 Å². The van der Waals surface area contributed by atoms with Gasteiger partial charge < -0.3 is 14.6 Å². The van der Waals surface area contributed by atoms with Crippen LogP contribution in [0.25, 0.3) is 0 Å². The van der Waals surface area contributed by atoms with E-state index in [2.05, 4.69) is 9.62 Å². The second-order valence-corrected chi connectivity index (χ2v) is 9.53. The molecule has 0 radical (unpaired) electrons. The van der Waals surface area contributed by atoms with Crippen molar-refractivity contribution in [2.75, 3.05) is 26.4 Å². The average molecular weight is 447 g/mol. The molecule has 1 fully saturated rings. The molecule has 2 aliphatic heterocycles. The highest BCUT2D eigenvalue weighted by Gasteiger charge is 2.26. The monoisotopic (exact) mass is 446 g/mol. The molecule has 4 rings (SSSR count). The molecule has 2 aliphatic rings. The number of carboxylic acids is 1. The number of hydrogen-bond acceptors (Lipinski definition) is 6. The Morgan fingerprint density at radius 3 is 2.35 bits per heavy atom. The van der Waals surface area contributed by atoms with E-state index in [4.69, 9.17) is 14.6 Å². The molecule has 2 heterocycles. The van der Waals surface area contributed by atoms with Crippen molar-refractivity contribution in [1.29, 1.82) is 0 Å². The minimum Gasteiger partial charge on any atom is -0.478 e. The van der Waals surface area contributed by atoms with E-state index in [9.17, 15) is 13.2 Å². The molecule has 31 heavy (non-hydrogen) atoms. The lowest BCUT2D eigenvalue weighted by Gasteiger charge is -2.31. The fraction of sp³-hybridized carbons (Fsp3) is 0.409. The lowest BCUT2D eigenvalue weighted by atomic mass is 10.0. The molecule has 2 N–H and O–H groups in total. The van der Waals surface area contributed by atoms with Gasteiger partial charge in [-0.3, -0.25) is 4.90 Å². The largest absolute Gasteiger partial charge is 0.478 e. The number of aromatic carboxylic acids is 1. The van der Waals surface area contributed by atoms with E-state index in [0.29, 0.717) is 11.5 Å². The highest BCUT2D eigenvalue weighted by Crippen LogP contribution is 2.36. The van der Waals surface area contributed by atoms with E-state index >= 15 is 0 Å². The second-order valence-electron chi connectivity index (χ2n) is 7.76. The van der Waals surface area contributed by atoms with Crippen molar-refractivity contribution in [1.82, 2.24) is 9.62 Å². The molecule has 0 aliphatic carbocycles. The third-order valence-corrected chi connectivity index (χ3v) is 7.18. The van der Waals surface area contributed by atoms with Gasteiger partial charge in [-0.05, 0) is 67.9 Å². The number of carbonyl (C=O) groups is 1. The second kappa shape index (κ2) is 9.25. The zero-order chi connectivity index (χ0) is 21.8. The SMILES string of the molecule is O=C(O)c1ccc(S(=O)(=O)NCC(c2ccc3c(c2)OCO3)N2CCCCCC2)cc1. The lowest BCUT2D eigenvalue weighted by molar-refractivity contribution is 0.0696. The molecule has 9 heteroatoms. The van der Waals surface area contributed by atoms with Crippen molar-refractivity contribution in [3.63, 3.8) is 0 Å². The maximum atomic E-state index is 12.9. The summed E-state index contributed by atoms with van der Waals surface area (Å²) in [5.74, 6) is 0.267. The number of benzene rings is 2. The highest BCUT2D eigenvalue weighted by atomic mass is 32.2. The summed E-state index contributed by atoms with van der Waals surface area (Å²) in [6.07, 6.45) is 4.49. The Balaban J connectivity index is 1.56. The van der Waals surface area contributed by atoms with Crippen LogP contribution in [0.4, 0.5) is 0 Å². The number of ether oxygens (including phenoxy) is 2. The third kappa shape index (κ3) is 5.00. The van der Waals surface area contributed by atoms with Crippen molar-refractivity contribution >= 4 is 16.0 Å². The smallest absolute Gasteiger partial charge is 0.335 e. The van der Waals surface area contributed by atoms with E-state index in [0.717, 1.165) is 31.5 Å². The molecule has 0 amide bonds. The predicted octanol–water partition coefficient (Wildman–Crippen LogP) is 3.01. The molecule has 2 aromatic carbocycles. The summed E-state index contributed by atoms with van der Waals surface area (Å²) >= 11 is 0. The molecule has 1 atom stereocenters. The van der Waals surface area contributed by atoms with E-state index < -0.39 is 16.0 Å². The van der Waals surface area contributed by atoms with Crippen LogP contribution in [0, 0.1) is 0 Å². The summed E-state index contributed by atoms with van der Waals surface area (Å²) in [5.41, 5.74) is 1.01. The van der Waals surface area contributed by atoms with Gasteiger partial charge in [-0.1, -0.05) is 18.9 Å². The van der Waals surface area contributed by atoms with E-state index in [1.807, 2.05) is 18.2 Å². The van der Waals surface area contributed by atoms with Crippen molar-refractivity contribution in [2.24, 2.45) is 0 Å². The molecular weight excluding hydrogens is 420 g/mol. The van der Waals surface area contributed by atoms with Gasteiger partial charge in [-0.2, -0.15) is 0 Å². The molecule has 2 aromatic rings. The number of carboxylic acid groups (broad SMARTS) is 1. The minimum absolute atomic E-state index is 0.0396. The van der Waals surface area contributed by atoms with Gasteiger partial charge in [-0.25, -0.2) is 17.9 Å². The highest BCUT2D eigenvalue weighted by molar-refractivity contribution is 7.89. The summed E-state index contributed by atoms with van der Waals surface area (Å²) in [5, 5.41) is 9.02.